The van der Waals surface area contributed by atoms with Crippen molar-refractivity contribution in [2.75, 3.05) is 32.8 Å². The van der Waals surface area contributed by atoms with Crippen LogP contribution in [-0.2, 0) is 0 Å². The smallest absolute Gasteiger partial charge is 0.0615 e. The van der Waals surface area contributed by atoms with E-state index in [2.05, 4.69) is 24.1 Å². The molecule has 1 saturated heterocycles. The molecule has 0 atom stereocenters. The van der Waals surface area contributed by atoms with Crippen molar-refractivity contribution in [3.05, 3.63) is 0 Å². The molecular weight excluding hydrogens is 200 g/mol. The standard InChI is InChI=1S/C13H26N2O/c1-12(2)3-5-13(11-16,6-4-12)15-9-7-14-8-10-15/h14,16H,3-11H2,1-2H3. The minimum absolute atomic E-state index is 0.0949. The molecule has 0 amide bonds. The number of piperazine rings is 1. The van der Waals surface area contributed by atoms with Gasteiger partial charge in [-0.3, -0.25) is 4.90 Å². The van der Waals surface area contributed by atoms with E-state index in [0.29, 0.717) is 12.0 Å². The van der Waals surface area contributed by atoms with E-state index in [1.807, 2.05) is 0 Å². The van der Waals surface area contributed by atoms with Crippen LogP contribution in [0.3, 0.4) is 0 Å². The maximum absolute atomic E-state index is 9.80. The summed E-state index contributed by atoms with van der Waals surface area (Å²) in [6.45, 7) is 9.39. The van der Waals surface area contributed by atoms with Crippen LogP contribution in [0.25, 0.3) is 0 Å². The lowest BCUT2D eigenvalue weighted by Crippen LogP contribution is -2.59. The van der Waals surface area contributed by atoms with Gasteiger partial charge in [-0.1, -0.05) is 13.8 Å². The van der Waals surface area contributed by atoms with Gasteiger partial charge >= 0.3 is 0 Å². The maximum Gasteiger partial charge on any atom is 0.0615 e. The Balaban J connectivity index is 2.02. The minimum atomic E-state index is 0.0949. The highest BCUT2D eigenvalue weighted by Gasteiger charge is 2.42. The molecule has 3 nitrogen and oxygen atoms in total. The average molecular weight is 226 g/mol. The molecule has 1 saturated carbocycles. The Bertz CT molecular complexity index is 224. The molecule has 0 aromatic carbocycles. The molecule has 2 fully saturated rings. The van der Waals surface area contributed by atoms with Crippen LogP contribution in [0.15, 0.2) is 0 Å². The van der Waals surface area contributed by atoms with E-state index in [4.69, 9.17) is 0 Å². The summed E-state index contributed by atoms with van der Waals surface area (Å²) < 4.78 is 0. The molecule has 0 aromatic rings. The van der Waals surface area contributed by atoms with Gasteiger partial charge in [0.25, 0.3) is 0 Å². The summed E-state index contributed by atoms with van der Waals surface area (Å²) in [4.78, 5) is 2.53. The van der Waals surface area contributed by atoms with Crippen LogP contribution in [0.2, 0.25) is 0 Å². The summed E-state index contributed by atoms with van der Waals surface area (Å²) in [5, 5.41) is 13.2. The number of rotatable bonds is 2. The first-order chi connectivity index (χ1) is 7.58. The second-order valence-corrected chi connectivity index (χ2v) is 6.28. The van der Waals surface area contributed by atoms with Crippen LogP contribution in [-0.4, -0.2) is 48.3 Å². The summed E-state index contributed by atoms with van der Waals surface area (Å²) in [5.74, 6) is 0. The molecule has 2 rings (SSSR count). The normalized spacial score (nSPS) is 30.2. The lowest BCUT2D eigenvalue weighted by molar-refractivity contribution is -0.0287. The molecule has 0 bridgehead atoms. The first-order valence-electron chi connectivity index (χ1n) is 6.65. The monoisotopic (exact) mass is 226 g/mol. The fraction of sp³-hybridized carbons (Fsp3) is 1.00. The third kappa shape index (κ3) is 2.41. The zero-order chi connectivity index (χ0) is 11.6. The second kappa shape index (κ2) is 4.63. The fourth-order valence-electron chi connectivity index (χ4n) is 3.11. The summed E-state index contributed by atoms with van der Waals surface area (Å²) in [6.07, 6.45) is 4.82. The number of hydrogen-bond donors (Lipinski definition) is 2. The Labute approximate surface area is 99.2 Å². The molecular formula is C13H26N2O. The molecule has 3 heteroatoms. The molecule has 0 unspecified atom stereocenters. The lowest BCUT2D eigenvalue weighted by atomic mass is 9.69. The summed E-state index contributed by atoms with van der Waals surface area (Å²) >= 11 is 0. The van der Waals surface area contributed by atoms with E-state index in [1.54, 1.807) is 0 Å². The van der Waals surface area contributed by atoms with E-state index in [-0.39, 0.29) is 5.54 Å². The van der Waals surface area contributed by atoms with Crippen LogP contribution < -0.4 is 5.32 Å². The Morgan fingerprint density at radius 3 is 2.12 bits per heavy atom. The van der Waals surface area contributed by atoms with Gasteiger partial charge in [-0.2, -0.15) is 0 Å². The van der Waals surface area contributed by atoms with Crippen molar-refractivity contribution in [3.63, 3.8) is 0 Å². The third-order valence-electron chi connectivity index (χ3n) is 4.62. The third-order valence-corrected chi connectivity index (χ3v) is 4.62. The highest BCUT2D eigenvalue weighted by Crippen LogP contribution is 2.42. The summed E-state index contributed by atoms with van der Waals surface area (Å²) in [6, 6.07) is 0. The Kier molecular flexibility index (Phi) is 3.57. The van der Waals surface area contributed by atoms with E-state index in [9.17, 15) is 5.11 Å². The van der Waals surface area contributed by atoms with Crippen molar-refractivity contribution in [1.29, 1.82) is 0 Å². The van der Waals surface area contributed by atoms with Gasteiger partial charge in [-0.25, -0.2) is 0 Å². The van der Waals surface area contributed by atoms with Crippen molar-refractivity contribution in [2.45, 2.75) is 45.1 Å². The Morgan fingerprint density at radius 1 is 1.06 bits per heavy atom. The molecule has 2 N–H and O–H groups in total. The predicted octanol–water partition coefficient (Wildman–Crippen LogP) is 1.22. The quantitative estimate of drug-likeness (QED) is 0.743. The van der Waals surface area contributed by atoms with Crippen molar-refractivity contribution in [3.8, 4) is 0 Å². The molecule has 0 aromatic heterocycles. The number of hydrogen-bond acceptors (Lipinski definition) is 3. The van der Waals surface area contributed by atoms with Crippen molar-refractivity contribution >= 4 is 0 Å². The maximum atomic E-state index is 9.80. The summed E-state index contributed by atoms with van der Waals surface area (Å²) in [7, 11) is 0. The molecule has 16 heavy (non-hydrogen) atoms. The minimum Gasteiger partial charge on any atom is -0.394 e. The SMILES string of the molecule is CC1(C)CCC(CO)(N2CCNCC2)CC1. The molecule has 0 radical (unpaired) electrons. The van der Waals surface area contributed by atoms with E-state index >= 15 is 0 Å². The lowest BCUT2D eigenvalue weighted by Gasteiger charge is -2.50. The van der Waals surface area contributed by atoms with Gasteiger partial charge in [0.1, 0.15) is 0 Å². The number of aliphatic hydroxyl groups excluding tert-OH is 1. The second-order valence-electron chi connectivity index (χ2n) is 6.28. The van der Waals surface area contributed by atoms with Gasteiger partial charge in [0.15, 0.2) is 0 Å². The number of aliphatic hydroxyl groups is 1. The van der Waals surface area contributed by atoms with E-state index in [1.165, 1.54) is 12.8 Å². The van der Waals surface area contributed by atoms with Gasteiger partial charge in [0.2, 0.25) is 0 Å². The van der Waals surface area contributed by atoms with E-state index in [0.717, 1.165) is 39.0 Å². The first kappa shape index (κ1) is 12.3. The van der Waals surface area contributed by atoms with E-state index < -0.39 is 0 Å². The average Bonchev–Trinajstić information content (AvgIpc) is 2.31. The summed E-state index contributed by atoms with van der Waals surface area (Å²) in [5.41, 5.74) is 0.574. The van der Waals surface area contributed by atoms with Crippen LogP contribution in [0.5, 0.6) is 0 Å². The van der Waals surface area contributed by atoms with Crippen LogP contribution in [0.4, 0.5) is 0 Å². The molecule has 0 spiro atoms. The Morgan fingerprint density at radius 2 is 1.62 bits per heavy atom. The molecule has 2 aliphatic rings. The van der Waals surface area contributed by atoms with Crippen LogP contribution in [0, 0.1) is 5.41 Å². The van der Waals surface area contributed by atoms with Gasteiger partial charge in [0.05, 0.1) is 6.61 Å². The number of nitrogens with one attached hydrogen (secondary N) is 1. The Hall–Kier alpha value is -0.120. The fourth-order valence-corrected chi connectivity index (χ4v) is 3.11. The highest BCUT2D eigenvalue weighted by molar-refractivity contribution is 4.97. The highest BCUT2D eigenvalue weighted by atomic mass is 16.3. The predicted molar refractivity (Wildman–Crippen MR) is 66.5 cm³/mol. The topological polar surface area (TPSA) is 35.5 Å². The van der Waals surface area contributed by atoms with Crippen LogP contribution in [0.1, 0.15) is 39.5 Å². The van der Waals surface area contributed by atoms with Crippen molar-refractivity contribution < 1.29 is 5.11 Å². The van der Waals surface area contributed by atoms with Gasteiger partial charge in [0, 0.05) is 31.7 Å². The van der Waals surface area contributed by atoms with Gasteiger partial charge in [-0.15, -0.1) is 0 Å². The van der Waals surface area contributed by atoms with Gasteiger partial charge < -0.3 is 10.4 Å². The van der Waals surface area contributed by atoms with Crippen molar-refractivity contribution in [2.24, 2.45) is 5.41 Å². The molecule has 1 aliphatic carbocycles. The van der Waals surface area contributed by atoms with Gasteiger partial charge in [-0.05, 0) is 31.1 Å². The zero-order valence-electron chi connectivity index (χ0n) is 10.8. The van der Waals surface area contributed by atoms with Crippen LogP contribution >= 0.6 is 0 Å². The number of nitrogens with zero attached hydrogens (tertiary/aromatic N) is 1. The van der Waals surface area contributed by atoms with Crippen molar-refractivity contribution in [1.82, 2.24) is 10.2 Å². The molecule has 1 heterocycles. The molecule has 1 aliphatic heterocycles. The zero-order valence-corrected chi connectivity index (χ0v) is 10.8. The molecule has 94 valence electrons. The first-order valence-corrected chi connectivity index (χ1v) is 6.65. The largest absolute Gasteiger partial charge is 0.394 e.